The Morgan fingerprint density at radius 2 is 1.75 bits per heavy atom. The summed E-state index contributed by atoms with van der Waals surface area (Å²) in [5, 5.41) is 4.18. The molecule has 0 spiro atoms. The van der Waals surface area contributed by atoms with Crippen molar-refractivity contribution in [3.05, 3.63) is 68.3 Å². The number of halogens is 1. The van der Waals surface area contributed by atoms with E-state index < -0.39 is 0 Å². The molecule has 0 unspecified atom stereocenters. The predicted octanol–water partition coefficient (Wildman–Crippen LogP) is 4.68. The van der Waals surface area contributed by atoms with E-state index in [-0.39, 0.29) is 5.91 Å². The summed E-state index contributed by atoms with van der Waals surface area (Å²) in [4.78, 5) is 11.9. The van der Waals surface area contributed by atoms with Crippen LogP contribution in [0.4, 0.5) is 0 Å². The third-order valence-electron chi connectivity index (χ3n) is 3.39. The molecular weight excluding hydrogens is 431 g/mol. The van der Waals surface area contributed by atoms with Crippen LogP contribution in [-0.4, -0.2) is 17.4 Å². The maximum Gasteiger partial charge on any atom is 0.250 e. The summed E-state index contributed by atoms with van der Waals surface area (Å²) in [5.74, 6) is 1.15. The molecule has 24 heavy (non-hydrogen) atoms. The quantitative estimate of drug-likeness (QED) is 0.393. The first kappa shape index (κ1) is 19.0. The summed E-state index contributed by atoms with van der Waals surface area (Å²) in [6.07, 6.45) is 0. The number of thioether (sulfide) groups is 1. The van der Waals surface area contributed by atoms with Crippen LogP contribution < -0.4 is 5.43 Å². The van der Waals surface area contributed by atoms with E-state index in [9.17, 15) is 4.79 Å². The predicted molar refractivity (Wildman–Crippen MR) is 112 cm³/mol. The second-order valence-corrected chi connectivity index (χ2v) is 7.96. The Morgan fingerprint density at radius 3 is 2.38 bits per heavy atom. The summed E-state index contributed by atoms with van der Waals surface area (Å²) in [6, 6.07) is 14.5. The van der Waals surface area contributed by atoms with E-state index in [1.54, 1.807) is 11.8 Å². The fourth-order valence-electron chi connectivity index (χ4n) is 2.35. The maximum absolute atomic E-state index is 11.9. The van der Waals surface area contributed by atoms with Gasteiger partial charge in [-0.15, -0.1) is 11.8 Å². The first-order valence-corrected chi connectivity index (χ1v) is 9.91. The molecule has 2 rings (SSSR count). The average Bonchev–Trinajstić information content (AvgIpc) is 2.52. The molecule has 2 aromatic carbocycles. The second-order valence-electron chi connectivity index (χ2n) is 5.73. The van der Waals surface area contributed by atoms with Crippen LogP contribution in [0, 0.1) is 17.4 Å². The van der Waals surface area contributed by atoms with E-state index in [0.717, 1.165) is 17.0 Å². The largest absolute Gasteiger partial charge is 0.272 e. The van der Waals surface area contributed by atoms with Gasteiger partial charge in [-0.25, -0.2) is 5.43 Å². The van der Waals surface area contributed by atoms with Gasteiger partial charge in [0.05, 0.1) is 11.5 Å². The van der Waals surface area contributed by atoms with Crippen LogP contribution in [0.15, 0.2) is 47.6 Å². The highest BCUT2D eigenvalue weighted by Gasteiger charge is 2.03. The molecule has 3 nitrogen and oxygen atoms in total. The second kappa shape index (κ2) is 9.22. The average molecular weight is 452 g/mol. The van der Waals surface area contributed by atoms with Crippen molar-refractivity contribution in [2.45, 2.75) is 26.5 Å². The molecule has 0 aliphatic rings. The summed E-state index contributed by atoms with van der Waals surface area (Å²) < 4.78 is 1.18. The van der Waals surface area contributed by atoms with Gasteiger partial charge in [-0.2, -0.15) is 5.10 Å². The molecule has 2 aromatic rings. The Bertz CT molecular complexity index is 721. The van der Waals surface area contributed by atoms with E-state index in [4.69, 9.17) is 0 Å². The van der Waals surface area contributed by atoms with Crippen LogP contribution in [0.3, 0.4) is 0 Å². The van der Waals surface area contributed by atoms with Gasteiger partial charge in [0.15, 0.2) is 0 Å². The number of amides is 1. The molecule has 0 aliphatic carbocycles. The van der Waals surface area contributed by atoms with E-state index in [1.165, 1.54) is 20.3 Å². The zero-order valence-corrected chi connectivity index (χ0v) is 17.1. The van der Waals surface area contributed by atoms with E-state index in [2.05, 4.69) is 65.2 Å². The van der Waals surface area contributed by atoms with Crippen LogP contribution in [0.5, 0.6) is 0 Å². The summed E-state index contributed by atoms with van der Waals surface area (Å²) in [5.41, 5.74) is 8.22. The molecule has 0 aromatic heterocycles. The zero-order chi connectivity index (χ0) is 17.5. The molecule has 5 heteroatoms. The number of carbonyl (C=O) groups excluding carboxylic acids is 1. The van der Waals surface area contributed by atoms with Gasteiger partial charge < -0.3 is 0 Å². The first-order valence-electron chi connectivity index (χ1n) is 7.68. The minimum Gasteiger partial charge on any atom is -0.272 e. The third-order valence-corrected chi connectivity index (χ3v) is 5.12. The molecule has 0 radical (unpaired) electrons. The number of hydrogen-bond acceptors (Lipinski definition) is 3. The van der Waals surface area contributed by atoms with Crippen LogP contribution >= 0.6 is 34.4 Å². The summed E-state index contributed by atoms with van der Waals surface area (Å²) >= 11 is 3.86. The number of carbonyl (C=O) groups is 1. The Kier molecular flexibility index (Phi) is 7.30. The molecule has 0 fully saturated rings. The van der Waals surface area contributed by atoms with Crippen LogP contribution in [0.2, 0.25) is 0 Å². The van der Waals surface area contributed by atoms with Crippen molar-refractivity contribution in [1.82, 2.24) is 5.43 Å². The Labute approximate surface area is 161 Å². The van der Waals surface area contributed by atoms with Gasteiger partial charge in [-0.3, -0.25) is 4.79 Å². The van der Waals surface area contributed by atoms with Crippen LogP contribution in [-0.2, 0) is 10.5 Å². The standard InChI is InChI=1S/C19H21IN2OS/c1-13-8-14(2)10-16(9-13)11-24-12-19(23)22-21-15(3)17-4-6-18(20)7-5-17/h4-10H,11-12H2,1-3H3,(H,22,23)/b21-15-. The summed E-state index contributed by atoms with van der Waals surface area (Å²) in [6.45, 7) is 6.08. The van der Waals surface area contributed by atoms with Gasteiger partial charge in [0.2, 0.25) is 5.91 Å². The molecular formula is C19H21IN2OS. The van der Waals surface area contributed by atoms with Gasteiger partial charge in [-0.1, -0.05) is 41.5 Å². The minimum atomic E-state index is -0.0748. The van der Waals surface area contributed by atoms with Gasteiger partial charge in [0.25, 0.3) is 0 Å². The Hall–Kier alpha value is -1.34. The first-order chi connectivity index (χ1) is 11.4. The van der Waals surface area contributed by atoms with Gasteiger partial charge in [0.1, 0.15) is 0 Å². The highest BCUT2D eigenvalue weighted by Crippen LogP contribution is 2.15. The fourth-order valence-corrected chi connectivity index (χ4v) is 3.46. The lowest BCUT2D eigenvalue weighted by Crippen LogP contribution is -2.21. The van der Waals surface area contributed by atoms with Crippen molar-refractivity contribution in [1.29, 1.82) is 0 Å². The smallest absolute Gasteiger partial charge is 0.250 e. The van der Waals surface area contributed by atoms with Crippen molar-refractivity contribution in [3.8, 4) is 0 Å². The Morgan fingerprint density at radius 1 is 1.12 bits per heavy atom. The van der Waals surface area contributed by atoms with Crippen molar-refractivity contribution in [3.63, 3.8) is 0 Å². The Balaban J connectivity index is 1.80. The zero-order valence-electron chi connectivity index (χ0n) is 14.1. The molecule has 0 bridgehead atoms. The monoisotopic (exact) mass is 452 g/mol. The fraction of sp³-hybridized carbons (Fsp3) is 0.263. The molecule has 0 saturated carbocycles. The summed E-state index contributed by atoms with van der Waals surface area (Å²) in [7, 11) is 0. The van der Waals surface area contributed by atoms with E-state index in [0.29, 0.717) is 5.75 Å². The van der Waals surface area contributed by atoms with E-state index in [1.807, 2.05) is 31.2 Å². The number of nitrogens with one attached hydrogen (secondary N) is 1. The topological polar surface area (TPSA) is 41.5 Å². The normalized spacial score (nSPS) is 11.4. The lowest BCUT2D eigenvalue weighted by atomic mass is 10.1. The van der Waals surface area contributed by atoms with Gasteiger partial charge in [0, 0.05) is 9.32 Å². The lowest BCUT2D eigenvalue weighted by Gasteiger charge is -2.05. The molecule has 0 saturated heterocycles. The van der Waals surface area contributed by atoms with Crippen molar-refractivity contribution >= 4 is 46.0 Å². The number of hydrazone groups is 1. The molecule has 0 atom stereocenters. The van der Waals surface area contributed by atoms with Crippen molar-refractivity contribution < 1.29 is 4.79 Å². The van der Waals surface area contributed by atoms with Crippen LogP contribution in [0.25, 0.3) is 0 Å². The SMILES string of the molecule is C/C(=N/NC(=O)CSCc1cc(C)cc(C)c1)c1ccc(I)cc1. The van der Waals surface area contributed by atoms with E-state index >= 15 is 0 Å². The van der Waals surface area contributed by atoms with Crippen LogP contribution in [0.1, 0.15) is 29.2 Å². The molecule has 1 amide bonds. The molecule has 126 valence electrons. The highest BCUT2D eigenvalue weighted by atomic mass is 127. The number of rotatable bonds is 6. The van der Waals surface area contributed by atoms with Crippen molar-refractivity contribution in [2.24, 2.45) is 5.10 Å². The number of hydrogen-bond donors (Lipinski definition) is 1. The molecule has 1 N–H and O–H groups in total. The number of benzene rings is 2. The van der Waals surface area contributed by atoms with Gasteiger partial charge in [-0.05, 0) is 66.6 Å². The highest BCUT2D eigenvalue weighted by molar-refractivity contribution is 14.1. The maximum atomic E-state index is 11.9. The third kappa shape index (κ3) is 6.28. The lowest BCUT2D eigenvalue weighted by molar-refractivity contribution is -0.118. The molecule has 0 aliphatic heterocycles. The van der Waals surface area contributed by atoms with Crippen molar-refractivity contribution in [2.75, 3.05) is 5.75 Å². The molecule has 0 heterocycles. The number of aryl methyl sites for hydroxylation is 2. The number of nitrogens with zero attached hydrogens (tertiary/aromatic N) is 1. The minimum absolute atomic E-state index is 0.0748. The van der Waals surface area contributed by atoms with Gasteiger partial charge >= 0.3 is 0 Å².